The van der Waals surface area contributed by atoms with Crippen molar-refractivity contribution in [3.8, 4) is 11.5 Å². The summed E-state index contributed by atoms with van der Waals surface area (Å²) in [5, 5.41) is 2.94. The van der Waals surface area contributed by atoms with Gasteiger partial charge in [0.05, 0.1) is 26.7 Å². The number of methoxy groups -OCH3 is 1. The Bertz CT molecular complexity index is 497. The molecule has 1 aromatic carbocycles. The first-order valence-electron chi connectivity index (χ1n) is 8.44. The molecule has 0 aliphatic carbocycles. The molecule has 1 aromatic rings. The molecule has 2 N–H and O–H groups in total. The molecule has 1 saturated heterocycles. The first-order chi connectivity index (χ1) is 11.1. The van der Waals surface area contributed by atoms with Crippen LogP contribution in [0.25, 0.3) is 0 Å². The molecule has 5 heteroatoms. The van der Waals surface area contributed by atoms with Crippen LogP contribution in [0.15, 0.2) is 24.3 Å². The van der Waals surface area contributed by atoms with Crippen molar-refractivity contribution in [2.24, 2.45) is 11.8 Å². The number of nitrogens with one attached hydrogen (secondary N) is 2. The summed E-state index contributed by atoms with van der Waals surface area (Å²) in [6.07, 6.45) is 1.28. The van der Waals surface area contributed by atoms with E-state index < -0.39 is 0 Å². The van der Waals surface area contributed by atoms with Gasteiger partial charge in [-0.15, -0.1) is 0 Å². The SMILES string of the molecule is COc1ccccc1OCCNC(=O)C[NH+]1C[C@H](C)C[C@@H](C)C1. The lowest BCUT2D eigenvalue weighted by Gasteiger charge is -2.31. The fraction of sp³-hybridized carbons (Fsp3) is 0.611. The molecule has 0 unspecified atom stereocenters. The van der Waals surface area contributed by atoms with Crippen molar-refractivity contribution in [3.63, 3.8) is 0 Å². The molecule has 1 aliphatic heterocycles. The van der Waals surface area contributed by atoms with Crippen molar-refractivity contribution in [3.05, 3.63) is 24.3 Å². The van der Waals surface area contributed by atoms with Gasteiger partial charge in [0, 0.05) is 11.8 Å². The van der Waals surface area contributed by atoms with Gasteiger partial charge in [-0.1, -0.05) is 26.0 Å². The van der Waals surface area contributed by atoms with Gasteiger partial charge in [-0.05, 0) is 18.6 Å². The van der Waals surface area contributed by atoms with Gasteiger partial charge in [-0.2, -0.15) is 0 Å². The number of piperidine rings is 1. The molecule has 128 valence electrons. The number of benzene rings is 1. The van der Waals surface area contributed by atoms with E-state index in [1.807, 2.05) is 24.3 Å². The largest absolute Gasteiger partial charge is 0.493 e. The number of carbonyl (C=O) groups excluding carboxylic acids is 1. The zero-order chi connectivity index (χ0) is 16.7. The number of amides is 1. The van der Waals surface area contributed by atoms with Crippen molar-refractivity contribution >= 4 is 5.91 Å². The topological polar surface area (TPSA) is 52.0 Å². The molecule has 0 aromatic heterocycles. The number of carbonyl (C=O) groups is 1. The summed E-state index contributed by atoms with van der Waals surface area (Å²) in [7, 11) is 1.62. The first kappa shape index (κ1) is 17.6. The molecule has 1 amide bonds. The number of likely N-dealkylation sites (tertiary alicyclic amines) is 1. The second kappa shape index (κ2) is 8.77. The van der Waals surface area contributed by atoms with Crippen LogP contribution in [0.1, 0.15) is 20.3 Å². The maximum Gasteiger partial charge on any atom is 0.275 e. The highest BCUT2D eigenvalue weighted by Crippen LogP contribution is 2.25. The van der Waals surface area contributed by atoms with Gasteiger partial charge >= 0.3 is 0 Å². The molecular weight excluding hydrogens is 292 g/mol. The van der Waals surface area contributed by atoms with Crippen molar-refractivity contribution < 1.29 is 19.2 Å². The van der Waals surface area contributed by atoms with E-state index >= 15 is 0 Å². The van der Waals surface area contributed by atoms with E-state index in [0.717, 1.165) is 13.1 Å². The Balaban J connectivity index is 1.67. The Morgan fingerprint density at radius 3 is 2.52 bits per heavy atom. The minimum absolute atomic E-state index is 0.102. The van der Waals surface area contributed by atoms with Crippen LogP contribution in [-0.2, 0) is 4.79 Å². The van der Waals surface area contributed by atoms with Crippen LogP contribution in [0.2, 0.25) is 0 Å². The Labute approximate surface area is 139 Å². The Kier molecular flexibility index (Phi) is 6.71. The fourth-order valence-corrected chi connectivity index (χ4v) is 3.45. The standard InChI is InChI=1S/C18H28N2O3/c1-14-10-15(2)12-20(11-14)13-18(21)19-8-9-23-17-7-5-4-6-16(17)22-3/h4-7,14-15H,8-13H2,1-3H3,(H,19,21)/p+1/t14-,15-/m1/s1. The van der Waals surface area contributed by atoms with Gasteiger partial charge in [0.15, 0.2) is 18.0 Å². The second-order valence-electron chi connectivity index (χ2n) is 6.63. The van der Waals surface area contributed by atoms with E-state index in [1.165, 1.54) is 11.3 Å². The van der Waals surface area contributed by atoms with E-state index in [-0.39, 0.29) is 5.91 Å². The van der Waals surface area contributed by atoms with E-state index in [0.29, 0.717) is 43.0 Å². The summed E-state index contributed by atoms with van der Waals surface area (Å²) in [5.41, 5.74) is 0. The Hall–Kier alpha value is -1.75. The van der Waals surface area contributed by atoms with Gasteiger partial charge in [-0.25, -0.2) is 0 Å². The van der Waals surface area contributed by atoms with Crippen LogP contribution in [0, 0.1) is 11.8 Å². The zero-order valence-electron chi connectivity index (χ0n) is 14.4. The lowest BCUT2D eigenvalue weighted by atomic mass is 9.92. The minimum atomic E-state index is 0.102. The summed E-state index contributed by atoms with van der Waals surface area (Å²) in [5.74, 6) is 2.92. The number of hydrogen-bond acceptors (Lipinski definition) is 3. The smallest absolute Gasteiger partial charge is 0.275 e. The highest BCUT2D eigenvalue weighted by Gasteiger charge is 2.26. The average molecular weight is 321 g/mol. The second-order valence-corrected chi connectivity index (χ2v) is 6.63. The predicted octanol–water partition coefficient (Wildman–Crippen LogP) is 0.751. The third-order valence-electron chi connectivity index (χ3n) is 4.24. The van der Waals surface area contributed by atoms with Gasteiger partial charge in [0.2, 0.25) is 0 Å². The Morgan fingerprint density at radius 2 is 1.87 bits per heavy atom. The van der Waals surface area contributed by atoms with Crippen molar-refractivity contribution in [2.45, 2.75) is 20.3 Å². The number of rotatable bonds is 7. The summed E-state index contributed by atoms with van der Waals surface area (Å²) < 4.78 is 10.9. The monoisotopic (exact) mass is 321 g/mol. The molecule has 0 saturated carbocycles. The van der Waals surface area contributed by atoms with Crippen LogP contribution in [-0.4, -0.2) is 45.8 Å². The van der Waals surface area contributed by atoms with Gasteiger partial charge < -0.3 is 19.7 Å². The molecule has 1 fully saturated rings. The maximum atomic E-state index is 12.0. The number of hydrogen-bond donors (Lipinski definition) is 2. The van der Waals surface area contributed by atoms with E-state index in [1.54, 1.807) is 7.11 Å². The minimum Gasteiger partial charge on any atom is -0.493 e. The van der Waals surface area contributed by atoms with Crippen LogP contribution in [0.4, 0.5) is 0 Å². The van der Waals surface area contributed by atoms with Crippen LogP contribution in [0.3, 0.4) is 0 Å². The normalized spacial score (nSPS) is 24.0. The lowest BCUT2D eigenvalue weighted by Crippen LogP contribution is -3.15. The first-order valence-corrected chi connectivity index (χ1v) is 8.44. The van der Waals surface area contributed by atoms with E-state index in [9.17, 15) is 4.79 Å². The molecule has 23 heavy (non-hydrogen) atoms. The molecule has 5 nitrogen and oxygen atoms in total. The lowest BCUT2D eigenvalue weighted by molar-refractivity contribution is -0.904. The van der Waals surface area contributed by atoms with Gasteiger partial charge in [0.25, 0.3) is 5.91 Å². The highest BCUT2D eigenvalue weighted by molar-refractivity contribution is 5.76. The summed E-state index contributed by atoms with van der Waals surface area (Å²) in [6, 6.07) is 7.52. The van der Waals surface area contributed by atoms with E-state index in [4.69, 9.17) is 9.47 Å². The fourth-order valence-electron chi connectivity index (χ4n) is 3.45. The maximum absolute atomic E-state index is 12.0. The molecule has 0 radical (unpaired) electrons. The molecule has 2 atom stereocenters. The predicted molar refractivity (Wildman–Crippen MR) is 90.0 cm³/mol. The van der Waals surface area contributed by atoms with E-state index in [2.05, 4.69) is 19.2 Å². The Morgan fingerprint density at radius 1 is 1.22 bits per heavy atom. The third kappa shape index (κ3) is 5.75. The van der Waals surface area contributed by atoms with Crippen LogP contribution >= 0.6 is 0 Å². The zero-order valence-corrected chi connectivity index (χ0v) is 14.4. The molecule has 1 aliphatic rings. The van der Waals surface area contributed by atoms with Crippen LogP contribution < -0.4 is 19.7 Å². The quantitative estimate of drug-likeness (QED) is 0.729. The van der Waals surface area contributed by atoms with Gasteiger partial charge in [0.1, 0.15) is 6.61 Å². The number of quaternary nitrogens is 1. The molecule has 1 heterocycles. The number of ether oxygens (including phenoxy) is 2. The number of para-hydroxylation sites is 2. The summed E-state index contributed by atoms with van der Waals surface area (Å²) in [4.78, 5) is 13.4. The third-order valence-corrected chi connectivity index (χ3v) is 4.24. The summed E-state index contributed by atoms with van der Waals surface area (Å²) in [6.45, 7) is 8.24. The average Bonchev–Trinajstić information content (AvgIpc) is 2.51. The van der Waals surface area contributed by atoms with Gasteiger partial charge in [-0.3, -0.25) is 4.79 Å². The molecule has 2 rings (SSSR count). The molecular formula is C18H29N2O3+. The van der Waals surface area contributed by atoms with Crippen molar-refractivity contribution in [2.75, 3.05) is 39.9 Å². The summed E-state index contributed by atoms with van der Waals surface area (Å²) >= 11 is 0. The molecule has 0 bridgehead atoms. The van der Waals surface area contributed by atoms with Crippen molar-refractivity contribution in [1.29, 1.82) is 0 Å². The highest BCUT2D eigenvalue weighted by atomic mass is 16.5. The van der Waals surface area contributed by atoms with Crippen LogP contribution in [0.5, 0.6) is 11.5 Å². The van der Waals surface area contributed by atoms with Crippen molar-refractivity contribution in [1.82, 2.24) is 5.32 Å². The molecule has 0 spiro atoms.